The summed E-state index contributed by atoms with van der Waals surface area (Å²) < 4.78 is 1.97. The van der Waals surface area contributed by atoms with Gasteiger partial charge in [0.2, 0.25) is 0 Å². The number of benzene rings is 6. The lowest BCUT2D eigenvalue weighted by Crippen LogP contribution is -2.39. The van der Waals surface area contributed by atoms with Gasteiger partial charge in [-0.15, -0.1) is 0 Å². The highest BCUT2D eigenvalue weighted by Crippen LogP contribution is 2.59. The average Bonchev–Trinajstić information content (AvgIpc) is 3.56. The first-order chi connectivity index (χ1) is 20.8. The first kappa shape index (κ1) is 22.2. The van der Waals surface area contributed by atoms with Gasteiger partial charge in [-0.1, -0.05) is 103 Å². The van der Waals surface area contributed by atoms with E-state index in [9.17, 15) is 4.79 Å². The fourth-order valence-corrected chi connectivity index (χ4v) is 7.84. The normalized spacial score (nSPS) is 17.1. The third kappa shape index (κ3) is 2.63. The van der Waals surface area contributed by atoms with E-state index >= 15 is 0 Å². The monoisotopic (exact) mass is 537 g/mol. The molecule has 1 aromatic heterocycles. The molecule has 2 unspecified atom stereocenters. The quantitative estimate of drug-likeness (QED) is 0.210. The molecule has 0 spiro atoms. The van der Waals surface area contributed by atoms with Crippen LogP contribution in [0.2, 0.25) is 0 Å². The van der Waals surface area contributed by atoms with Gasteiger partial charge in [0.15, 0.2) is 0 Å². The second-order valence-electron chi connectivity index (χ2n) is 11.4. The maximum atomic E-state index is 14.5. The summed E-state index contributed by atoms with van der Waals surface area (Å²) in [6.45, 7) is 0. The van der Waals surface area contributed by atoms with Gasteiger partial charge < -0.3 is 4.90 Å². The number of para-hydroxylation sites is 2. The molecule has 3 heterocycles. The van der Waals surface area contributed by atoms with Crippen molar-refractivity contribution in [3.63, 3.8) is 0 Å². The molecule has 10 rings (SSSR count). The molecule has 2 aliphatic heterocycles. The van der Waals surface area contributed by atoms with Crippen molar-refractivity contribution in [1.82, 2.24) is 9.55 Å². The van der Waals surface area contributed by atoms with Crippen LogP contribution in [-0.4, -0.2) is 9.55 Å². The van der Waals surface area contributed by atoms with E-state index in [0.29, 0.717) is 5.39 Å². The van der Waals surface area contributed by atoms with Gasteiger partial charge in [-0.3, -0.25) is 9.36 Å². The summed E-state index contributed by atoms with van der Waals surface area (Å²) in [6, 6.07) is 44.6. The largest absolute Gasteiger partial charge is 0.318 e. The molecule has 42 heavy (non-hydrogen) atoms. The highest BCUT2D eigenvalue weighted by molar-refractivity contribution is 6.18. The first-order valence-electron chi connectivity index (χ1n) is 14.4. The fraction of sp³-hybridized carbons (Fsp3) is 0.0526. The third-order valence-corrected chi connectivity index (χ3v) is 9.49. The van der Waals surface area contributed by atoms with Gasteiger partial charge in [0, 0.05) is 16.6 Å². The van der Waals surface area contributed by atoms with Gasteiger partial charge in [-0.2, -0.15) is 0 Å². The number of aromatic nitrogens is 2. The zero-order valence-electron chi connectivity index (χ0n) is 22.5. The van der Waals surface area contributed by atoms with Gasteiger partial charge >= 0.3 is 0 Å². The first-order valence-corrected chi connectivity index (χ1v) is 14.4. The molecule has 6 aromatic carbocycles. The van der Waals surface area contributed by atoms with Crippen LogP contribution in [0.5, 0.6) is 0 Å². The topological polar surface area (TPSA) is 38.1 Å². The Morgan fingerprint density at radius 2 is 1.17 bits per heavy atom. The maximum absolute atomic E-state index is 14.5. The van der Waals surface area contributed by atoms with Crippen molar-refractivity contribution in [2.75, 3.05) is 4.90 Å². The van der Waals surface area contributed by atoms with Gasteiger partial charge in [-0.05, 0) is 63.0 Å². The van der Waals surface area contributed by atoms with E-state index < -0.39 is 0 Å². The van der Waals surface area contributed by atoms with Gasteiger partial charge in [0.1, 0.15) is 12.0 Å². The van der Waals surface area contributed by atoms with Crippen LogP contribution in [0.4, 0.5) is 11.4 Å². The lowest BCUT2D eigenvalue weighted by Gasteiger charge is -2.38. The number of anilines is 2. The van der Waals surface area contributed by atoms with Crippen LogP contribution in [0.15, 0.2) is 132 Å². The molecule has 0 saturated heterocycles. The van der Waals surface area contributed by atoms with Crippen LogP contribution >= 0.6 is 0 Å². The number of rotatable bonds is 1. The number of fused-ring (bicyclic) bond motifs is 12. The molecule has 0 saturated carbocycles. The van der Waals surface area contributed by atoms with Crippen LogP contribution < -0.4 is 10.5 Å². The SMILES string of the molecule is O=c1c2ccccc2nc2n1C1C(c3ccccc3-2)c2ccccc2N1c1ccc2c3c(cccc13)-c1ccccc1-2. The van der Waals surface area contributed by atoms with Gasteiger partial charge in [-0.25, -0.2) is 4.98 Å². The highest BCUT2D eigenvalue weighted by atomic mass is 16.1. The second-order valence-corrected chi connectivity index (χ2v) is 11.4. The standard InChI is InChI=1S/C38H23N3O/c42-38-28-14-5-7-18-31(28)39-36-27-13-4-3-12-25(27)35-30-15-6-8-19-32(30)40(37(35)41(36)38)33-21-20-26-23-11-2-1-10-22(23)24-16-9-17-29(33)34(24)26/h1-21,35,37H. The van der Waals surface area contributed by atoms with Crippen molar-refractivity contribution in [1.29, 1.82) is 0 Å². The Kier molecular flexibility index (Phi) is 4.15. The Morgan fingerprint density at radius 1 is 0.524 bits per heavy atom. The summed E-state index contributed by atoms with van der Waals surface area (Å²) in [5.41, 5.74) is 11.5. The molecule has 0 bridgehead atoms. The van der Waals surface area contributed by atoms with Crippen LogP contribution in [-0.2, 0) is 0 Å². The molecule has 0 amide bonds. The molecular formula is C38H23N3O. The van der Waals surface area contributed by atoms with E-state index in [1.54, 1.807) is 0 Å². The van der Waals surface area contributed by atoms with Crippen LogP contribution in [0.1, 0.15) is 23.2 Å². The Hall–Kier alpha value is -5.48. The van der Waals surface area contributed by atoms with Gasteiger partial charge in [0.05, 0.1) is 22.5 Å². The lowest BCUT2D eigenvalue weighted by atomic mass is 9.84. The molecule has 2 atom stereocenters. The minimum atomic E-state index is -0.294. The predicted octanol–water partition coefficient (Wildman–Crippen LogP) is 8.66. The molecule has 3 aliphatic rings. The van der Waals surface area contributed by atoms with E-state index in [4.69, 9.17) is 4.98 Å². The van der Waals surface area contributed by atoms with E-state index in [0.717, 1.165) is 28.3 Å². The van der Waals surface area contributed by atoms with Crippen LogP contribution in [0, 0.1) is 0 Å². The third-order valence-electron chi connectivity index (χ3n) is 9.49. The fourth-order valence-electron chi connectivity index (χ4n) is 7.84. The van der Waals surface area contributed by atoms with E-state index in [1.165, 1.54) is 44.2 Å². The van der Waals surface area contributed by atoms with Crippen molar-refractivity contribution < 1.29 is 0 Å². The van der Waals surface area contributed by atoms with Crippen molar-refractivity contribution >= 4 is 33.1 Å². The number of hydrogen-bond donors (Lipinski definition) is 0. The summed E-state index contributed by atoms with van der Waals surface area (Å²) in [5, 5.41) is 3.11. The molecular weight excluding hydrogens is 514 g/mol. The zero-order chi connectivity index (χ0) is 27.5. The summed E-state index contributed by atoms with van der Waals surface area (Å²) in [7, 11) is 0. The summed E-state index contributed by atoms with van der Waals surface area (Å²) in [6.07, 6.45) is -0.294. The van der Waals surface area contributed by atoms with E-state index in [1.807, 2.05) is 34.9 Å². The van der Waals surface area contributed by atoms with Crippen LogP contribution in [0.3, 0.4) is 0 Å². The molecule has 0 fully saturated rings. The Balaban J connectivity index is 1.32. The number of hydrogen-bond acceptors (Lipinski definition) is 3. The molecule has 0 radical (unpaired) electrons. The Morgan fingerprint density at radius 3 is 2.02 bits per heavy atom. The second kappa shape index (κ2) is 7.83. The maximum Gasteiger partial charge on any atom is 0.263 e. The molecule has 4 nitrogen and oxygen atoms in total. The summed E-state index contributed by atoms with van der Waals surface area (Å²) in [4.78, 5) is 22.0. The summed E-state index contributed by atoms with van der Waals surface area (Å²) in [5.74, 6) is 0.706. The lowest BCUT2D eigenvalue weighted by molar-refractivity contribution is 0.462. The van der Waals surface area contributed by atoms with Crippen molar-refractivity contribution in [2.24, 2.45) is 0 Å². The molecule has 196 valence electrons. The van der Waals surface area contributed by atoms with E-state index in [-0.39, 0.29) is 17.6 Å². The molecule has 7 aromatic rings. The smallest absolute Gasteiger partial charge is 0.263 e. The molecule has 0 N–H and O–H groups in total. The minimum Gasteiger partial charge on any atom is -0.318 e. The van der Waals surface area contributed by atoms with Crippen molar-refractivity contribution in [3.8, 4) is 33.6 Å². The average molecular weight is 538 g/mol. The highest BCUT2D eigenvalue weighted by Gasteiger charge is 2.47. The molecule has 1 aliphatic carbocycles. The van der Waals surface area contributed by atoms with Crippen LogP contribution in [0.25, 0.3) is 55.3 Å². The zero-order valence-corrected chi connectivity index (χ0v) is 22.5. The Labute approximate surface area is 241 Å². The van der Waals surface area contributed by atoms with E-state index in [2.05, 4.69) is 102 Å². The van der Waals surface area contributed by atoms with Crippen molar-refractivity contribution in [3.05, 3.63) is 149 Å². The van der Waals surface area contributed by atoms with Gasteiger partial charge in [0.25, 0.3) is 5.56 Å². The number of nitrogens with zero attached hydrogens (tertiary/aromatic N) is 3. The van der Waals surface area contributed by atoms with Crippen molar-refractivity contribution in [2.45, 2.75) is 12.1 Å². The Bertz CT molecular complexity index is 2340. The molecule has 4 heteroatoms. The summed E-state index contributed by atoms with van der Waals surface area (Å²) >= 11 is 0. The predicted molar refractivity (Wildman–Crippen MR) is 169 cm³/mol. The minimum absolute atomic E-state index is 0.00348.